The van der Waals surface area contributed by atoms with E-state index in [0.717, 1.165) is 16.8 Å². The molecule has 0 fully saturated rings. The van der Waals surface area contributed by atoms with Gasteiger partial charge in [-0.15, -0.1) is 0 Å². The van der Waals surface area contributed by atoms with Crippen LogP contribution in [0.5, 0.6) is 0 Å². The minimum Gasteiger partial charge on any atom is -0.456 e. The first-order valence-corrected chi connectivity index (χ1v) is 10.4. The third-order valence-corrected chi connectivity index (χ3v) is 5.07. The molecule has 0 bridgehead atoms. The molecule has 1 aliphatic heterocycles. The van der Waals surface area contributed by atoms with E-state index in [1.807, 2.05) is 36.4 Å². The maximum Gasteiger partial charge on any atom is 0.306 e. The normalized spacial score (nSPS) is 13.0. The van der Waals surface area contributed by atoms with Crippen LogP contribution in [0.2, 0.25) is 5.02 Å². The molecule has 0 atom stereocenters. The van der Waals surface area contributed by atoms with Crippen molar-refractivity contribution in [3.05, 3.63) is 70.7 Å². The molecular formula is C23H24ClN3O4. The summed E-state index contributed by atoms with van der Waals surface area (Å²) in [4.78, 5) is 37.9. The third kappa shape index (κ3) is 6.65. The van der Waals surface area contributed by atoms with Crippen molar-refractivity contribution in [3.63, 3.8) is 0 Å². The van der Waals surface area contributed by atoms with Gasteiger partial charge in [0, 0.05) is 31.5 Å². The average Bonchev–Trinajstić information content (AvgIpc) is 3.27. The lowest BCUT2D eigenvalue weighted by Crippen LogP contribution is -2.31. The zero-order valence-corrected chi connectivity index (χ0v) is 18.0. The van der Waals surface area contributed by atoms with Crippen LogP contribution in [0.15, 0.2) is 59.7 Å². The molecule has 162 valence electrons. The van der Waals surface area contributed by atoms with Gasteiger partial charge in [0.15, 0.2) is 6.61 Å². The number of benzene rings is 2. The molecule has 0 aromatic heterocycles. The largest absolute Gasteiger partial charge is 0.456 e. The van der Waals surface area contributed by atoms with Gasteiger partial charge in [0.05, 0.1) is 18.7 Å². The third-order valence-electron chi connectivity index (χ3n) is 4.83. The highest BCUT2D eigenvalue weighted by molar-refractivity contribution is 6.30. The van der Waals surface area contributed by atoms with Gasteiger partial charge in [0.2, 0.25) is 5.91 Å². The summed E-state index contributed by atoms with van der Waals surface area (Å²) in [7, 11) is 1.62. The first kappa shape index (κ1) is 22.5. The molecule has 31 heavy (non-hydrogen) atoms. The van der Waals surface area contributed by atoms with E-state index >= 15 is 0 Å². The highest BCUT2D eigenvalue weighted by Crippen LogP contribution is 2.15. The summed E-state index contributed by atoms with van der Waals surface area (Å²) >= 11 is 5.95. The van der Waals surface area contributed by atoms with Crippen LogP contribution in [-0.2, 0) is 25.7 Å². The zero-order chi connectivity index (χ0) is 22.2. The summed E-state index contributed by atoms with van der Waals surface area (Å²) < 4.78 is 5.03. The molecule has 7 nitrogen and oxygen atoms in total. The van der Waals surface area contributed by atoms with E-state index in [1.54, 1.807) is 25.2 Å². The number of esters is 1. The van der Waals surface area contributed by atoms with Crippen LogP contribution in [-0.4, -0.2) is 53.6 Å². The molecule has 0 unspecified atom stereocenters. The molecule has 8 heteroatoms. The van der Waals surface area contributed by atoms with Crippen molar-refractivity contribution in [1.29, 1.82) is 0 Å². The van der Waals surface area contributed by atoms with Crippen molar-refractivity contribution in [2.24, 2.45) is 5.10 Å². The van der Waals surface area contributed by atoms with Gasteiger partial charge < -0.3 is 9.64 Å². The van der Waals surface area contributed by atoms with Crippen molar-refractivity contribution in [2.75, 3.05) is 20.2 Å². The van der Waals surface area contributed by atoms with Gasteiger partial charge >= 0.3 is 5.97 Å². The quantitative estimate of drug-likeness (QED) is 0.589. The number of hydrogen-bond acceptors (Lipinski definition) is 5. The maximum atomic E-state index is 12.3. The number of carbonyl (C=O) groups is 3. The Balaban J connectivity index is 1.39. The fraction of sp³-hybridized carbons (Fsp3) is 0.304. The number of halogens is 1. The zero-order valence-electron chi connectivity index (χ0n) is 17.3. The Morgan fingerprint density at radius 1 is 1.10 bits per heavy atom. The summed E-state index contributed by atoms with van der Waals surface area (Å²) in [5.74, 6) is -1.17. The topological polar surface area (TPSA) is 79.3 Å². The predicted molar refractivity (Wildman–Crippen MR) is 117 cm³/mol. The number of rotatable bonds is 8. The van der Waals surface area contributed by atoms with Crippen molar-refractivity contribution in [1.82, 2.24) is 9.91 Å². The molecule has 1 aliphatic rings. The highest BCUT2D eigenvalue weighted by atomic mass is 35.5. The second-order valence-corrected chi connectivity index (χ2v) is 7.66. The van der Waals surface area contributed by atoms with Crippen LogP contribution in [0.1, 0.15) is 30.4 Å². The van der Waals surface area contributed by atoms with E-state index in [2.05, 4.69) is 5.10 Å². The molecule has 2 aromatic carbocycles. The molecule has 0 aliphatic carbocycles. The van der Waals surface area contributed by atoms with Gasteiger partial charge in [0.25, 0.3) is 5.91 Å². The number of hydrogen-bond donors (Lipinski definition) is 0. The molecule has 1 heterocycles. The minimum absolute atomic E-state index is 0.0169. The van der Waals surface area contributed by atoms with E-state index in [1.165, 1.54) is 9.91 Å². The van der Waals surface area contributed by atoms with Crippen LogP contribution in [0.3, 0.4) is 0 Å². The second-order valence-electron chi connectivity index (χ2n) is 7.22. The van der Waals surface area contributed by atoms with Crippen LogP contribution < -0.4 is 0 Å². The monoisotopic (exact) mass is 441 g/mol. The van der Waals surface area contributed by atoms with Crippen LogP contribution in [0.25, 0.3) is 0 Å². The van der Waals surface area contributed by atoms with E-state index in [0.29, 0.717) is 24.5 Å². The lowest BCUT2D eigenvalue weighted by Gasteiger charge is -2.17. The SMILES string of the molecule is CN(Cc1cccc(Cl)c1)C(=O)COC(=O)CCC(=O)N1CCC(c2ccccc2)=N1. The van der Waals surface area contributed by atoms with Gasteiger partial charge in [0.1, 0.15) is 0 Å². The summed E-state index contributed by atoms with van der Waals surface area (Å²) in [6.45, 7) is 0.473. The first-order valence-electron chi connectivity index (χ1n) is 9.99. The molecule has 2 amide bonds. The summed E-state index contributed by atoms with van der Waals surface area (Å²) in [5.41, 5.74) is 2.71. The Hall–Kier alpha value is -3.19. The molecule has 0 saturated carbocycles. The summed E-state index contributed by atoms with van der Waals surface area (Å²) in [6.07, 6.45) is 0.557. The number of likely N-dealkylation sites (N-methyl/N-ethyl adjacent to an activating group) is 1. The number of hydrazone groups is 1. The maximum absolute atomic E-state index is 12.3. The Morgan fingerprint density at radius 3 is 2.61 bits per heavy atom. The Bertz CT molecular complexity index is 978. The molecule has 0 radical (unpaired) electrons. The smallest absolute Gasteiger partial charge is 0.306 e. The molecule has 0 spiro atoms. The van der Waals surface area contributed by atoms with Crippen molar-refractivity contribution in [3.8, 4) is 0 Å². The molecular weight excluding hydrogens is 418 g/mol. The number of amides is 2. The first-order chi connectivity index (χ1) is 14.9. The Labute approximate surface area is 186 Å². The summed E-state index contributed by atoms with van der Waals surface area (Å²) in [6, 6.07) is 16.9. The van der Waals surface area contributed by atoms with Gasteiger partial charge in [-0.25, -0.2) is 5.01 Å². The van der Waals surface area contributed by atoms with E-state index in [4.69, 9.17) is 16.3 Å². The van der Waals surface area contributed by atoms with Crippen LogP contribution in [0.4, 0.5) is 0 Å². The average molecular weight is 442 g/mol. The lowest BCUT2D eigenvalue weighted by molar-refractivity contribution is -0.152. The van der Waals surface area contributed by atoms with E-state index in [-0.39, 0.29) is 31.3 Å². The van der Waals surface area contributed by atoms with Gasteiger partial charge in [-0.2, -0.15) is 5.10 Å². The fourth-order valence-corrected chi connectivity index (χ4v) is 3.34. The number of ether oxygens (including phenoxy) is 1. The highest BCUT2D eigenvalue weighted by Gasteiger charge is 2.22. The molecule has 0 N–H and O–H groups in total. The fourth-order valence-electron chi connectivity index (χ4n) is 3.13. The lowest BCUT2D eigenvalue weighted by atomic mass is 10.1. The van der Waals surface area contributed by atoms with Gasteiger partial charge in [-0.1, -0.05) is 54.1 Å². The Kier molecular flexibility index (Phi) is 7.78. The minimum atomic E-state index is -0.593. The van der Waals surface area contributed by atoms with Gasteiger partial charge in [-0.3, -0.25) is 14.4 Å². The van der Waals surface area contributed by atoms with Crippen molar-refractivity contribution >= 4 is 35.1 Å². The van der Waals surface area contributed by atoms with Crippen LogP contribution in [0, 0.1) is 0 Å². The molecule has 0 saturated heterocycles. The molecule has 3 rings (SSSR count). The van der Waals surface area contributed by atoms with Crippen molar-refractivity contribution < 1.29 is 19.1 Å². The standard InChI is InChI=1S/C23H24ClN3O4/c1-26(15-17-6-5-9-19(24)14-17)22(29)16-31-23(30)11-10-21(28)27-13-12-20(25-27)18-7-3-2-4-8-18/h2-9,14H,10-13,15-16H2,1H3. The molecule has 2 aromatic rings. The second kappa shape index (κ2) is 10.7. The number of nitrogens with zero attached hydrogens (tertiary/aromatic N) is 3. The Morgan fingerprint density at radius 2 is 1.87 bits per heavy atom. The van der Waals surface area contributed by atoms with Gasteiger partial charge in [-0.05, 0) is 23.3 Å². The van der Waals surface area contributed by atoms with Crippen molar-refractivity contribution in [2.45, 2.75) is 25.8 Å². The van der Waals surface area contributed by atoms with Crippen LogP contribution >= 0.6 is 11.6 Å². The predicted octanol–water partition coefficient (Wildman–Crippen LogP) is 3.26. The summed E-state index contributed by atoms with van der Waals surface area (Å²) in [5, 5.41) is 6.34. The number of carbonyl (C=O) groups excluding carboxylic acids is 3. The van der Waals surface area contributed by atoms with E-state index < -0.39 is 5.97 Å². The van der Waals surface area contributed by atoms with E-state index in [9.17, 15) is 14.4 Å².